The van der Waals surface area contributed by atoms with E-state index in [0.717, 1.165) is 0 Å². The van der Waals surface area contributed by atoms with Crippen molar-refractivity contribution < 1.29 is 29.1 Å². The summed E-state index contributed by atoms with van der Waals surface area (Å²) >= 11 is 0. The molecule has 8 N–H and O–H groups in total. The summed E-state index contributed by atoms with van der Waals surface area (Å²) in [6, 6.07) is 2.52. The van der Waals surface area contributed by atoms with E-state index in [0.29, 0.717) is 10.5 Å². The van der Waals surface area contributed by atoms with E-state index in [4.69, 9.17) is 17.2 Å². The zero-order valence-electron chi connectivity index (χ0n) is 21.8. The van der Waals surface area contributed by atoms with Gasteiger partial charge in [0.2, 0.25) is 17.7 Å². The molecule has 37 heavy (non-hydrogen) atoms. The van der Waals surface area contributed by atoms with Crippen LogP contribution in [0.1, 0.15) is 39.7 Å². The number of aliphatic hydroxyl groups excluding tert-OH is 1. The third-order valence-corrected chi connectivity index (χ3v) is 5.62. The lowest BCUT2D eigenvalue weighted by molar-refractivity contribution is -0.157. The number of amides is 3. The van der Waals surface area contributed by atoms with Crippen LogP contribution in [-0.4, -0.2) is 76.1 Å². The Bertz CT molecular complexity index is 994. The highest BCUT2D eigenvalue weighted by molar-refractivity contribution is 6.17. The first-order chi connectivity index (χ1) is 17.2. The van der Waals surface area contributed by atoms with Gasteiger partial charge in [-0.2, -0.15) is 0 Å². The highest BCUT2D eigenvalue weighted by atomic mass is 16.3. The largest absolute Gasteiger partial charge is 0.391 e. The molecule has 0 saturated heterocycles. The van der Waals surface area contributed by atoms with E-state index >= 15 is 0 Å². The van der Waals surface area contributed by atoms with E-state index < -0.39 is 66.1 Å². The van der Waals surface area contributed by atoms with Crippen LogP contribution in [-0.2, 0) is 30.4 Å². The Hall–Kier alpha value is -3.25. The van der Waals surface area contributed by atoms with Gasteiger partial charge in [-0.15, -0.1) is 0 Å². The van der Waals surface area contributed by atoms with Gasteiger partial charge in [-0.05, 0) is 38.2 Å². The molecule has 204 valence electrons. The van der Waals surface area contributed by atoms with Crippen molar-refractivity contribution in [3.63, 3.8) is 0 Å². The molecule has 11 nitrogen and oxygen atoms in total. The highest BCUT2D eigenvalue weighted by Crippen LogP contribution is 2.16. The number of Topliss-reactive ketones (excluding diaryl/α,β-unsaturated/α-hetero) is 2. The monoisotopic (exact) mass is 517 g/mol. The second-order valence-corrected chi connectivity index (χ2v) is 9.58. The molecular formula is C26H39N5O6. The third kappa shape index (κ3) is 9.29. The van der Waals surface area contributed by atoms with Gasteiger partial charge in [0.05, 0.1) is 30.8 Å². The van der Waals surface area contributed by atoms with Crippen molar-refractivity contribution in [3.05, 3.63) is 48.0 Å². The maximum absolute atomic E-state index is 13.6. The minimum Gasteiger partial charge on any atom is -0.391 e. The molecule has 5 unspecified atom stereocenters. The fraction of sp³-hybridized carbons (Fsp3) is 0.500. The lowest BCUT2D eigenvalue weighted by Crippen LogP contribution is -2.64. The number of nitrogens with zero attached hydrogens (tertiary/aromatic N) is 1. The Kier molecular flexibility index (Phi) is 12.4. The second kappa shape index (κ2) is 14.5. The van der Waals surface area contributed by atoms with E-state index in [1.165, 1.54) is 13.8 Å². The second-order valence-electron chi connectivity index (χ2n) is 9.58. The summed E-state index contributed by atoms with van der Waals surface area (Å²) < 4.78 is 0. The summed E-state index contributed by atoms with van der Waals surface area (Å²) in [6.45, 7) is 9.03. The molecule has 3 amide bonds. The van der Waals surface area contributed by atoms with E-state index in [2.05, 4.69) is 11.9 Å². The van der Waals surface area contributed by atoms with E-state index in [9.17, 15) is 29.1 Å². The molecule has 5 atom stereocenters. The summed E-state index contributed by atoms with van der Waals surface area (Å²) in [4.78, 5) is 66.1. The first-order valence-electron chi connectivity index (χ1n) is 12.0. The molecular weight excluding hydrogens is 478 g/mol. The molecule has 0 bridgehead atoms. The number of imide groups is 1. The molecule has 0 aromatic heterocycles. The Labute approximate surface area is 217 Å². The zero-order valence-corrected chi connectivity index (χ0v) is 21.8. The standard InChI is InChI=1S/C26H39N5O6/c1-14(2)11-18(27)25(36)31(26(37)19(28)12-17-9-7-6-8-10-17)22(23(34)21(29)16(5)32)20(33)13-30-24(35)15(3)4/h6-10,14,16,18-19,21-22,32H,3,11-13,27-29H2,1-2,4-5H3,(H,30,35). The van der Waals surface area contributed by atoms with E-state index in [1.807, 2.05) is 13.8 Å². The van der Waals surface area contributed by atoms with Crippen molar-refractivity contribution in [1.29, 1.82) is 0 Å². The van der Waals surface area contributed by atoms with Crippen LogP contribution in [0, 0.1) is 5.92 Å². The number of nitrogens with one attached hydrogen (secondary N) is 1. The van der Waals surface area contributed by atoms with Gasteiger partial charge in [0.25, 0.3) is 0 Å². The lowest BCUT2D eigenvalue weighted by atomic mass is 9.94. The first-order valence-corrected chi connectivity index (χ1v) is 12.0. The van der Waals surface area contributed by atoms with Crippen LogP contribution in [0.4, 0.5) is 0 Å². The minimum absolute atomic E-state index is 0.00677. The number of nitrogens with two attached hydrogens (primary N) is 3. The number of ketones is 2. The average Bonchev–Trinajstić information content (AvgIpc) is 2.83. The SMILES string of the molecule is C=C(C)C(=O)NCC(=O)C(C(=O)C(N)C(C)O)N(C(=O)C(N)Cc1ccccc1)C(=O)C(N)CC(C)C. The average molecular weight is 518 g/mol. The van der Waals surface area contributed by atoms with Crippen molar-refractivity contribution in [3.8, 4) is 0 Å². The number of hydrogen-bond acceptors (Lipinski definition) is 9. The number of aliphatic hydroxyl groups is 1. The summed E-state index contributed by atoms with van der Waals surface area (Å²) in [5.74, 6) is -4.80. The van der Waals surface area contributed by atoms with E-state index in [1.54, 1.807) is 30.3 Å². The van der Waals surface area contributed by atoms with Crippen LogP contribution in [0.15, 0.2) is 42.5 Å². The number of rotatable bonds is 14. The van der Waals surface area contributed by atoms with Crippen LogP contribution < -0.4 is 22.5 Å². The quantitative estimate of drug-likeness (QED) is 0.155. The molecule has 0 radical (unpaired) electrons. The van der Waals surface area contributed by atoms with Crippen LogP contribution >= 0.6 is 0 Å². The van der Waals surface area contributed by atoms with Gasteiger partial charge in [-0.25, -0.2) is 0 Å². The molecule has 1 aromatic rings. The van der Waals surface area contributed by atoms with Crippen LogP contribution in [0.5, 0.6) is 0 Å². The van der Waals surface area contributed by atoms with Gasteiger partial charge in [-0.1, -0.05) is 50.8 Å². The Balaban J connectivity index is 3.54. The predicted octanol–water partition coefficient (Wildman–Crippen LogP) is -0.808. The van der Waals surface area contributed by atoms with Crippen molar-refractivity contribution in [2.45, 2.75) is 70.8 Å². The maximum Gasteiger partial charge on any atom is 0.247 e. The Morgan fingerprint density at radius 2 is 1.51 bits per heavy atom. The number of benzene rings is 1. The Morgan fingerprint density at radius 3 is 2.00 bits per heavy atom. The molecule has 1 rings (SSSR count). The molecule has 0 aliphatic carbocycles. The predicted molar refractivity (Wildman–Crippen MR) is 139 cm³/mol. The summed E-state index contributed by atoms with van der Waals surface area (Å²) in [7, 11) is 0. The maximum atomic E-state index is 13.6. The van der Waals surface area contributed by atoms with Gasteiger partial charge in [-0.3, -0.25) is 28.9 Å². The smallest absolute Gasteiger partial charge is 0.247 e. The van der Waals surface area contributed by atoms with Crippen LogP contribution in [0.3, 0.4) is 0 Å². The summed E-state index contributed by atoms with van der Waals surface area (Å²) in [5, 5.41) is 12.2. The normalized spacial score (nSPS) is 15.2. The van der Waals surface area contributed by atoms with E-state index in [-0.39, 0.29) is 24.3 Å². The molecule has 0 aliphatic rings. The summed E-state index contributed by atoms with van der Waals surface area (Å²) in [6.07, 6.45) is -1.24. The Morgan fingerprint density at radius 1 is 0.973 bits per heavy atom. The fourth-order valence-corrected chi connectivity index (χ4v) is 3.55. The number of carbonyl (C=O) groups is 5. The van der Waals surface area contributed by atoms with Gasteiger partial charge < -0.3 is 27.6 Å². The highest BCUT2D eigenvalue weighted by Gasteiger charge is 2.45. The molecule has 0 heterocycles. The molecule has 0 saturated carbocycles. The third-order valence-electron chi connectivity index (χ3n) is 5.62. The number of carbonyl (C=O) groups excluding carboxylic acids is 5. The first kappa shape index (κ1) is 31.8. The van der Waals surface area contributed by atoms with Crippen molar-refractivity contribution in [1.82, 2.24) is 10.2 Å². The van der Waals surface area contributed by atoms with Crippen LogP contribution in [0.25, 0.3) is 0 Å². The molecule has 1 aromatic carbocycles. The fourth-order valence-electron chi connectivity index (χ4n) is 3.55. The molecule has 0 fully saturated rings. The minimum atomic E-state index is -2.06. The van der Waals surface area contributed by atoms with Gasteiger partial charge in [0.1, 0.15) is 0 Å². The van der Waals surface area contributed by atoms with Gasteiger partial charge >= 0.3 is 0 Å². The van der Waals surface area contributed by atoms with Crippen molar-refractivity contribution in [2.24, 2.45) is 23.1 Å². The topological polar surface area (TPSA) is 199 Å². The molecule has 11 heteroatoms. The van der Waals surface area contributed by atoms with Crippen LogP contribution in [0.2, 0.25) is 0 Å². The van der Waals surface area contributed by atoms with Gasteiger partial charge in [0, 0.05) is 5.57 Å². The summed E-state index contributed by atoms with van der Waals surface area (Å²) in [5.41, 5.74) is 18.9. The number of hydrogen-bond donors (Lipinski definition) is 5. The molecule has 0 spiro atoms. The molecule has 0 aliphatic heterocycles. The van der Waals surface area contributed by atoms with Crippen molar-refractivity contribution in [2.75, 3.05) is 6.54 Å². The lowest BCUT2D eigenvalue weighted by Gasteiger charge is -2.34. The van der Waals surface area contributed by atoms with Crippen molar-refractivity contribution >= 4 is 29.3 Å². The van der Waals surface area contributed by atoms with Gasteiger partial charge in [0.15, 0.2) is 17.6 Å². The zero-order chi connectivity index (χ0) is 28.4.